The van der Waals surface area contributed by atoms with Crippen molar-refractivity contribution in [2.75, 3.05) is 24.2 Å². The summed E-state index contributed by atoms with van der Waals surface area (Å²) in [5.74, 6) is 0.627. The molecule has 0 amide bonds. The van der Waals surface area contributed by atoms with Gasteiger partial charge in [-0.05, 0) is 12.1 Å². The quantitative estimate of drug-likeness (QED) is 0.501. The van der Waals surface area contributed by atoms with Crippen LogP contribution in [0.3, 0.4) is 0 Å². The van der Waals surface area contributed by atoms with Crippen LogP contribution < -0.4 is 11.1 Å². The standard InChI is InChI=1S/C8H13N3O2/c9-6-1-2-8(10-3-6)11-4-7(13)5-12/h1-3,7,12-13H,4-5,9H2,(H,10,11). The van der Waals surface area contributed by atoms with Crippen molar-refractivity contribution in [3.05, 3.63) is 18.3 Å². The second kappa shape index (κ2) is 4.64. The second-order valence-corrected chi connectivity index (χ2v) is 2.69. The van der Waals surface area contributed by atoms with Crippen LogP contribution in [-0.2, 0) is 0 Å². The van der Waals surface area contributed by atoms with E-state index in [2.05, 4.69) is 10.3 Å². The van der Waals surface area contributed by atoms with Crippen LogP contribution in [-0.4, -0.2) is 34.5 Å². The van der Waals surface area contributed by atoms with Crippen LogP contribution in [0, 0.1) is 0 Å². The zero-order valence-corrected chi connectivity index (χ0v) is 7.14. The van der Waals surface area contributed by atoms with Crippen LogP contribution in [0.5, 0.6) is 0 Å². The third-order valence-electron chi connectivity index (χ3n) is 1.52. The largest absolute Gasteiger partial charge is 0.397 e. The smallest absolute Gasteiger partial charge is 0.126 e. The monoisotopic (exact) mass is 183 g/mol. The molecule has 0 spiro atoms. The first-order valence-electron chi connectivity index (χ1n) is 3.96. The summed E-state index contributed by atoms with van der Waals surface area (Å²) in [5, 5.41) is 20.4. The van der Waals surface area contributed by atoms with Gasteiger partial charge in [0, 0.05) is 6.54 Å². The first-order chi connectivity index (χ1) is 6.22. The first-order valence-corrected chi connectivity index (χ1v) is 3.96. The van der Waals surface area contributed by atoms with E-state index in [1.165, 1.54) is 6.20 Å². The molecule has 0 aliphatic rings. The van der Waals surface area contributed by atoms with Crippen LogP contribution >= 0.6 is 0 Å². The maximum absolute atomic E-state index is 9.01. The summed E-state index contributed by atoms with van der Waals surface area (Å²) < 4.78 is 0. The van der Waals surface area contributed by atoms with Crippen molar-refractivity contribution in [1.82, 2.24) is 4.98 Å². The van der Waals surface area contributed by atoms with E-state index in [4.69, 9.17) is 15.9 Å². The minimum absolute atomic E-state index is 0.262. The average Bonchev–Trinajstić information content (AvgIpc) is 2.16. The Balaban J connectivity index is 2.41. The highest BCUT2D eigenvalue weighted by atomic mass is 16.3. The van der Waals surface area contributed by atoms with Gasteiger partial charge < -0.3 is 21.3 Å². The van der Waals surface area contributed by atoms with Crippen molar-refractivity contribution < 1.29 is 10.2 Å². The molecule has 1 aromatic rings. The highest BCUT2D eigenvalue weighted by molar-refractivity contribution is 5.43. The summed E-state index contributed by atoms with van der Waals surface area (Å²) >= 11 is 0. The Morgan fingerprint density at radius 2 is 2.31 bits per heavy atom. The van der Waals surface area contributed by atoms with Gasteiger partial charge in [-0.1, -0.05) is 0 Å². The zero-order chi connectivity index (χ0) is 9.68. The van der Waals surface area contributed by atoms with Gasteiger partial charge >= 0.3 is 0 Å². The van der Waals surface area contributed by atoms with Crippen LogP contribution in [0.2, 0.25) is 0 Å². The van der Waals surface area contributed by atoms with Crippen molar-refractivity contribution in [3.63, 3.8) is 0 Å². The highest BCUT2D eigenvalue weighted by Gasteiger charge is 2.00. The second-order valence-electron chi connectivity index (χ2n) is 2.69. The van der Waals surface area contributed by atoms with E-state index >= 15 is 0 Å². The highest BCUT2D eigenvalue weighted by Crippen LogP contribution is 2.05. The lowest BCUT2D eigenvalue weighted by atomic mass is 10.3. The molecule has 0 aliphatic carbocycles. The van der Waals surface area contributed by atoms with Crippen molar-refractivity contribution in [2.45, 2.75) is 6.10 Å². The van der Waals surface area contributed by atoms with Crippen LogP contribution in [0.15, 0.2) is 18.3 Å². The van der Waals surface area contributed by atoms with E-state index in [0.29, 0.717) is 11.5 Å². The third-order valence-corrected chi connectivity index (χ3v) is 1.52. The van der Waals surface area contributed by atoms with Crippen LogP contribution in [0.1, 0.15) is 0 Å². The number of hydrogen-bond acceptors (Lipinski definition) is 5. The number of aliphatic hydroxyl groups excluding tert-OH is 2. The van der Waals surface area contributed by atoms with Gasteiger partial charge in [0.05, 0.1) is 24.6 Å². The van der Waals surface area contributed by atoms with Gasteiger partial charge in [0.2, 0.25) is 0 Å². The number of anilines is 2. The van der Waals surface area contributed by atoms with E-state index < -0.39 is 6.10 Å². The van der Waals surface area contributed by atoms with Crippen LogP contribution in [0.4, 0.5) is 11.5 Å². The molecular weight excluding hydrogens is 170 g/mol. The molecule has 0 fully saturated rings. The molecule has 0 saturated carbocycles. The maximum atomic E-state index is 9.01. The SMILES string of the molecule is Nc1ccc(NCC(O)CO)nc1. The fourth-order valence-corrected chi connectivity index (χ4v) is 0.797. The fraction of sp³-hybridized carbons (Fsp3) is 0.375. The summed E-state index contributed by atoms with van der Waals surface area (Å²) in [4.78, 5) is 3.96. The van der Waals surface area contributed by atoms with E-state index in [1.807, 2.05) is 0 Å². The summed E-state index contributed by atoms with van der Waals surface area (Å²) in [5.41, 5.74) is 6.02. The van der Waals surface area contributed by atoms with Gasteiger partial charge in [-0.25, -0.2) is 4.98 Å². The predicted octanol–water partition coefficient (Wildman–Crippen LogP) is -0.571. The van der Waals surface area contributed by atoms with Gasteiger partial charge in [-0.15, -0.1) is 0 Å². The lowest BCUT2D eigenvalue weighted by molar-refractivity contribution is 0.105. The maximum Gasteiger partial charge on any atom is 0.126 e. The number of nitrogens with one attached hydrogen (secondary N) is 1. The van der Waals surface area contributed by atoms with E-state index in [-0.39, 0.29) is 13.2 Å². The van der Waals surface area contributed by atoms with Crippen molar-refractivity contribution in [1.29, 1.82) is 0 Å². The van der Waals surface area contributed by atoms with Gasteiger partial charge in [0.1, 0.15) is 5.82 Å². The Kier molecular flexibility index (Phi) is 3.48. The van der Waals surface area contributed by atoms with E-state index in [9.17, 15) is 0 Å². The Bertz CT molecular complexity index is 250. The average molecular weight is 183 g/mol. The molecule has 5 N–H and O–H groups in total. The van der Waals surface area contributed by atoms with Gasteiger partial charge in [0.15, 0.2) is 0 Å². The van der Waals surface area contributed by atoms with Gasteiger partial charge in [0.25, 0.3) is 0 Å². The number of hydrogen-bond donors (Lipinski definition) is 4. The number of nitrogens with zero attached hydrogens (tertiary/aromatic N) is 1. The number of rotatable bonds is 4. The molecule has 72 valence electrons. The fourth-order valence-electron chi connectivity index (χ4n) is 0.797. The molecule has 0 bridgehead atoms. The molecule has 13 heavy (non-hydrogen) atoms. The number of aromatic nitrogens is 1. The Hall–Kier alpha value is -1.33. The topological polar surface area (TPSA) is 91.4 Å². The molecule has 1 rings (SSSR count). The molecule has 1 unspecified atom stereocenters. The Morgan fingerprint density at radius 3 is 2.85 bits per heavy atom. The lowest BCUT2D eigenvalue weighted by Gasteiger charge is -2.08. The molecule has 5 heteroatoms. The van der Waals surface area contributed by atoms with Crippen molar-refractivity contribution in [3.8, 4) is 0 Å². The number of nitrogen functional groups attached to an aromatic ring is 1. The Morgan fingerprint density at radius 1 is 1.54 bits per heavy atom. The lowest BCUT2D eigenvalue weighted by Crippen LogP contribution is -2.23. The van der Waals surface area contributed by atoms with Crippen molar-refractivity contribution >= 4 is 11.5 Å². The zero-order valence-electron chi connectivity index (χ0n) is 7.14. The molecule has 0 aliphatic heterocycles. The molecular formula is C8H13N3O2. The summed E-state index contributed by atoms with van der Waals surface area (Å²) in [7, 11) is 0. The molecule has 1 aromatic heterocycles. The third kappa shape index (κ3) is 3.27. The minimum atomic E-state index is -0.764. The van der Waals surface area contributed by atoms with Gasteiger partial charge in [-0.2, -0.15) is 0 Å². The molecule has 5 nitrogen and oxygen atoms in total. The molecule has 0 aromatic carbocycles. The number of nitrogens with two attached hydrogens (primary N) is 1. The summed E-state index contributed by atoms with van der Waals surface area (Å²) in [6, 6.07) is 3.42. The predicted molar refractivity (Wildman–Crippen MR) is 50.2 cm³/mol. The van der Waals surface area contributed by atoms with E-state index in [0.717, 1.165) is 0 Å². The molecule has 1 atom stereocenters. The molecule has 1 heterocycles. The Labute approximate surface area is 76.2 Å². The first kappa shape index (κ1) is 9.76. The number of aliphatic hydroxyl groups is 2. The summed E-state index contributed by atoms with van der Waals surface area (Å²) in [6.45, 7) is 0.00932. The molecule has 0 saturated heterocycles. The molecule has 0 radical (unpaired) electrons. The summed E-state index contributed by atoms with van der Waals surface area (Å²) in [6.07, 6.45) is 0.757. The van der Waals surface area contributed by atoms with Crippen molar-refractivity contribution in [2.24, 2.45) is 0 Å². The minimum Gasteiger partial charge on any atom is -0.397 e. The van der Waals surface area contributed by atoms with E-state index in [1.54, 1.807) is 12.1 Å². The normalized spacial score (nSPS) is 12.5. The number of pyridine rings is 1. The van der Waals surface area contributed by atoms with Gasteiger partial charge in [-0.3, -0.25) is 0 Å². The van der Waals surface area contributed by atoms with Crippen LogP contribution in [0.25, 0.3) is 0 Å².